The van der Waals surface area contributed by atoms with Crippen molar-refractivity contribution in [1.29, 1.82) is 0 Å². The topological polar surface area (TPSA) is 108 Å². The van der Waals surface area contributed by atoms with Crippen molar-refractivity contribution in [2.45, 2.75) is 36.9 Å². The lowest BCUT2D eigenvalue weighted by molar-refractivity contribution is -0.126. The van der Waals surface area contributed by atoms with Crippen LogP contribution in [0, 0.1) is 0 Å². The molecule has 1 amide bonds. The Bertz CT molecular complexity index is 676. The first-order valence-corrected chi connectivity index (χ1v) is 8.83. The van der Waals surface area contributed by atoms with Gasteiger partial charge in [0.25, 0.3) is 0 Å². The molecule has 1 aliphatic carbocycles. The summed E-state index contributed by atoms with van der Waals surface area (Å²) < 4.78 is 27.6. The zero-order valence-corrected chi connectivity index (χ0v) is 12.8. The zero-order valence-electron chi connectivity index (χ0n) is 12.0. The first kappa shape index (κ1) is 15.4. The average Bonchev–Trinajstić information content (AvgIpc) is 2.47. The van der Waals surface area contributed by atoms with Gasteiger partial charge in [-0.15, -0.1) is 0 Å². The van der Waals surface area contributed by atoms with Crippen molar-refractivity contribution in [2.75, 3.05) is 6.54 Å². The van der Waals surface area contributed by atoms with Gasteiger partial charge in [0, 0.05) is 12.6 Å². The van der Waals surface area contributed by atoms with Gasteiger partial charge in [-0.2, -0.15) is 0 Å². The van der Waals surface area contributed by atoms with Crippen LogP contribution in [0.3, 0.4) is 0 Å². The van der Waals surface area contributed by atoms with E-state index < -0.39 is 27.5 Å². The summed E-state index contributed by atoms with van der Waals surface area (Å²) in [6, 6.07) is 7.44. The summed E-state index contributed by atoms with van der Waals surface area (Å²) >= 11 is 0. The molecule has 1 aromatic rings. The van der Waals surface area contributed by atoms with Gasteiger partial charge in [0.15, 0.2) is 11.6 Å². The van der Waals surface area contributed by atoms with E-state index in [-0.39, 0.29) is 12.6 Å². The molecule has 3 unspecified atom stereocenters. The monoisotopic (exact) mass is 325 g/mol. The Balaban J connectivity index is 1.79. The van der Waals surface area contributed by atoms with Crippen LogP contribution in [0.4, 0.5) is 0 Å². The standard InChI is InChI=1S/C14H19N3O4S/c18-13-12(8-15-14(19)16-13)22(20,21)17-11-7-3-5-9-4-1-2-6-10(9)11/h1-2,4,6,11-12,14-15,17,19H,3,5,7-8H2,(H,16,18). The molecule has 1 fully saturated rings. The summed E-state index contributed by atoms with van der Waals surface area (Å²) in [6.07, 6.45) is 1.35. The molecule has 7 nitrogen and oxygen atoms in total. The van der Waals surface area contributed by atoms with Gasteiger partial charge in [0.05, 0.1) is 0 Å². The summed E-state index contributed by atoms with van der Waals surface area (Å²) in [6.45, 7) is -0.114. The molecule has 3 atom stereocenters. The Morgan fingerprint density at radius 3 is 2.82 bits per heavy atom. The van der Waals surface area contributed by atoms with Crippen molar-refractivity contribution < 1.29 is 18.3 Å². The maximum Gasteiger partial charge on any atom is 0.244 e. The third kappa shape index (κ3) is 3.00. The van der Waals surface area contributed by atoms with Gasteiger partial charge in [0.2, 0.25) is 15.9 Å². The quantitative estimate of drug-likeness (QED) is 0.591. The Morgan fingerprint density at radius 2 is 2.05 bits per heavy atom. The molecule has 2 aliphatic rings. The fraction of sp³-hybridized carbons (Fsp3) is 0.500. The first-order valence-electron chi connectivity index (χ1n) is 7.28. The van der Waals surface area contributed by atoms with Gasteiger partial charge in [0.1, 0.15) is 0 Å². The number of amides is 1. The van der Waals surface area contributed by atoms with Gasteiger partial charge < -0.3 is 10.4 Å². The summed E-state index contributed by atoms with van der Waals surface area (Å²) in [4.78, 5) is 11.8. The molecular weight excluding hydrogens is 306 g/mol. The van der Waals surface area contributed by atoms with Crippen LogP contribution < -0.4 is 15.4 Å². The van der Waals surface area contributed by atoms with E-state index >= 15 is 0 Å². The third-order valence-electron chi connectivity index (χ3n) is 4.12. The van der Waals surface area contributed by atoms with Crippen molar-refractivity contribution in [1.82, 2.24) is 15.4 Å². The van der Waals surface area contributed by atoms with Crippen LogP contribution >= 0.6 is 0 Å². The molecule has 1 aliphatic heterocycles. The number of hydrogen-bond donors (Lipinski definition) is 4. The molecule has 0 saturated carbocycles. The number of carbonyl (C=O) groups is 1. The zero-order chi connectivity index (χ0) is 15.7. The molecule has 0 spiro atoms. The number of sulfonamides is 1. The minimum Gasteiger partial charge on any atom is -0.361 e. The Hall–Kier alpha value is -1.48. The largest absolute Gasteiger partial charge is 0.361 e. The van der Waals surface area contributed by atoms with Crippen LogP contribution in [0.5, 0.6) is 0 Å². The van der Waals surface area contributed by atoms with Gasteiger partial charge in [-0.3, -0.25) is 10.1 Å². The molecule has 1 saturated heterocycles. The number of rotatable bonds is 3. The van der Waals surface area contributed by atoms with Gasteiger partial charge >= 0.3 is 0 Å². The summed E-state index contributed by atoms with van der Waals surface area (Å²) in [5, 5.41) is 12.7. The molecule has 0 radical (unpaired) electrons. The first-order chi connectivity index (χ1) is 10.5. The molecule has 1 heterocycles. The van der Waals surface area contributed by atoms with E-state index in [2.05, 4.69) is 15.4 Å². The van der Waals surface area contributed by atoms with E-state index in [0.29, 0.717) is 6.42 Å². The van der Waals surface area contributed by atoms with Crippen LogP contribution in [0.1, 0.15) is 30.0 Å². The summed E-state index contributed by atoms with van der Waals surface area (Å²) in [5.74, 6) is -0.692. The number of benzene rings is 1. The normalized spacial score (nSPS) is 28.8. The predicted octanol–water partition coefficient (Wildman–Crippen LogP) is -0.653. The van der Waals surface area contributed by atoms with E-state index in [0.717, 1.165) is 24.0 Å². The summed E-state index contributed by atoms with van der Waals surface area (Å²) in [7, 11) is -3.83. The van der Waals surface area contributed by atoms with Gasteiger partial charge in [-0.05, 0) is 30.4 Å². The maximum absolute atomic E-state index is 12.5. The van der Waals surface area contributed by atoms with Crippen molar-refractivity contribution in [2.24, 2.45) is 0 Å². The highest BCUT2D eigenvalue weighted by Gasteiger charge is 2.38. The molecular formula is C14H19N3O4S. The fourth-order valence-corrected chi connectivity index (χ4v) is 4.47. The number of aryl methyl sites for hydroxylation is 1. The van der Waals surface area contributed by atoms with E-state index in [1.165, 1.54) is 0 Å². The van der Waals surface area contributed by atoms with Crippen LogP contribution in [-0.4, -0.2) is 37.6 Å². The molecule has 1 aromatic carbocycles. The van der Waals surface area contributed by atoms with Gasteiger partial charge in [-0.1, -0.05) is 24.3 Å². The third-order valence-corrected chi connectivity index (χ3v) is 5.86. The maximum atomic E-state index is 12.5. The van der Waals surface area contributed by atoms with E-state index in [1.807, 2.05) is 24.3 Å². The highest BCUT2D eigenvalue weighted by Crippen LogP contribution is 2.30. The second-order valence-corrected chi connectivity index (χ2v) is 7.51. The Labute approximate surface area is 129 Å². The van der Waals surface area contributed by atoms with Crippen LogP contribution in [-0.2, 0) is 21.2 Å². The van der Waals surface area contributed by atoms with Crippen molar-refractivity contribution >= 4 is 15.9 Å². The van der Waals surface area contributed by atoms with Crippen molar-refractivity contribution in [3.8, 4) is 0 Å². The molecule has 8 heteroatoms. The lowest BCUT2D eigenvalue weighted by Gasteiger charge is -2.30. The number of nitrogens with one attached hydrogen (secondary N) is 3. The number of fused-ring (bicyclic) bond motifs is 1. The lowest BCUT2D eigenvalue weighted by Crippen LogP contribution is -2.62. The molecule has 3 rings (SSSR count). The molecule has 120 valence electrons. The highest BCUT2D eigenvalue weighted by atomic mass is 32.2. The smallest absolute Gasteiger partial charge is 0.244 e. The summed E-state index contributed by atoms with van der Waals surface area (Å²) in [5.41, 5.74) is 2.12. The van der Waals surface area contributed by atoms with E-state index in [9.17, 15) is 18.3 Å². The highest BCUT2D eigenvalue weighted by molar-refractivity contribution is 7.90. The number of carbonyl (C=O) groups excluding carboxylic acids is 1. The van der Waals surface area contributed by atoms with Crippen molar-refractivity contribution in [3.05, 3.63) is 35.4 Å². The molecule has 22 heavy (non-hydrogen) atoms. The lowest BCUT2D eigenvalue weighted by atomic mass is 9.88. The number of hydrogen-bond acceptors (Lipinski definition) is 5. The van der Waals surface area contributed by atoms with E-state index in [1.54, 1.807) is 0 Å². The Morgan fingerprint density at radius 1 is 1.27 bits per heavy atom. The van der Waals surface area contributed by atoms with Crippen LogP contribution in [0.2, 0.25) is 0 Å². The SMILES string of the molecule is O=C1NC(O)NCC1S(=O)(=O)NC1CCCc2ccccc21. The Kier molecular flexibility index (Phi) is 4.18. The minimum absolute atomic E-state index is 0.114. The second kappa shape index (κ2) is 5.96. The van der Waals surface area contributed by atoms with Crippen molar-refractivity contribution in [3.63, 3.8) is 0 Å². The minimum atomic E-state index is -3.83. The van der Waals surface area contributed by atoms with Crippen LogP contribution in [0.15, 0.2) is 24.3 Å². The second-order valence-electron chi connectivity index (χ2n) is 5.61. The van der Waals surface area contributed by atoms with Crippen LogP contribution in [0.25, 0.3) is 0 Å². The molecule has 4 N–H and O–H groups in total. The fourth-order valence-electron chi connectivity index (χ4n) is 3.00. The predicted molar refractivity (Wildman–Crippen MR) is 80.1 cm³/mol. The number of aliphatic hydroxyl groups excluding tert-OH is 1. The van der Waals surface area contributed by atoms with E-state index in [4.69, 9.17) is 0 Å². The molecule has 0 aromatic heterocycles. The average molecular weight is 325 g/mol. The number of aliphatic hydroxyl groups is 1. The molecule has 0 bridgehead atoms. The van der Waals surface area contributed by atoms with Gasteiger partial charge in [-0.25, -0.2) is 13.1 Å².